The van der Waals surface area contributed by atoms with Crippen LogP contribution in [0.3, 0.4) is 0 Å². The molecule has 0 bridgehead atoms. The normalized spacial score (nSPS) is 17.2. The first-order chi connectivity index (χ1) is 12.2. The lowest BCUT2D eigenvalue weighted by Gasteiger charge is -2.36. The van der Waals surface area contributed by atoms with Crippen molar-refractivity contribution in [1.82, 2.24) is 9.80 Å². The molecule has 3 nitrogen and oxygen atoms in total. The molecular weight excluding hydrogens is 346 g/mol. The van der Waals surface area contributed by atoms with E-state index in [1.807, 2.05) is 11.8 Å². The minimum Gasteiger partial charge on any atom is -0.364 e. The van der Waals surface area contributed by atoms with Gasteiger partial charge in [-0.25, -0.2) is 0 Å². The zero-order valence-electron chi connectivity index (χ0n) is 14.5. The molecule has 1 saturated heterocycles. The molecule has 2 aromatic rings. The molecule has 4 rings (SSSR count). The molecular formula is C20H23N3S2. The lowest BCUT2D eigenvalue weighted by molar-refractivity contribution is 0.215. The maximum absolute atomic E-state index is 5.75. The van der Waals surface area contributed by atoms with E-state index < -0.39 is 0 Å². The van der Waals surface area contributed by atoms with Crippen LogP contribution in [0.1, 0.15) is 6.42 Å². The van der Waals surface area contributed by atoms with E-state index in [-0.39, 0.29) is 0 Å². The van der Waals surface area contributed by atoms with Gasteiger partial charge >= 0.3 is 0 Å². The molecule has 0 aromatic heterocycles. The fraction of sp³-hybridized carbons (Fsp3) is 0.350. The predicted molar refractivity (Wildman–Crippen MR) is 110 cm³/mol. The molecule has 0 amide bonds. The number of benzene rings is 2. The molecule has 1 fully saturated rings. The van der Waals surface area contributed by atoms with Gasteiger partial charge in [-0.3, -0.25) is 0 Å². The van der Waals surface area contributed by atoms with Crippen LogP contribution >= 0.6 is 24.0 Å². The van der Waals surface area contributed by atoms with Gasteiger partial charge < -0.3 is 14.7 Å². The predicted octanol–water partition coefficient (Wildman–Crippen LogP) is 4.25. The second-order valence-corrected chi connectivity index (χ2v) is 8.18. The Morgan fingerprint density at radius 1 is 0.920 bits per heavy atom. The molecule has 5 heteroatoms. The molecule has 2 aromatic carbocycles. The zero-order chi connectivity index (χ0) is 17.2. The summed E-state index contributed by atoms with van der Waals surface area (Å²) in [6.45, 7) is 5.24. The maximum atomic E-state index is 5.75. The van der Waals surface area contributed by atoms with Crippen molar-refractivity contribution in [3.8, 4) is 0 Å². The van der Waals surface area contributed by atoms with Gasteiger partial charge in [0.2, 0.25) is 0 Å². The average molecular weight is 370 g/mol. The molecule has 130 valence electrons. The summed E-state index contributed by atoms with van der Waals surface area (Å²) in [6.07, 6.45) is 0.923. The summed E-state index contributed by atoms with van der Waals surface area (Å²) in [4.78, 5) is 10.9. The highest BCUT2D eigenvalue weighted by molar-refractivity contribution is 7.99. The first-order valence-corrected chi connectivity index (χ1v) is 10.0. The molecule has 0 spiro atoms. The molecule has 2 aliphatic heterocycles. The van der Waals surface area contributed by atoms with Crippen molar-refractivity contribution >= 4 is 40.3 Å². The van der Waals surface area contributed by atoms with Gasteiger partial charge in [-0.05, 0) is 31.3 Å². The number of hydrogen-bond acceptors (Lipinski definition) is 4. The fourth-order valence-corrected chi connectivity index (χ4v) is 4.81. The molecule has 0 aliphatic carbocycles. The molecule has 0 N–H and O–H groups in total. The van der Waals surface area contributed by atoms with Crippen molar-refractivity contribution in [3.63, 3.8) is 0 Å². The van der Waals surface area contributed by atoms with Crippen LogP contribution in [0.4, 0.5) is 11.4 Å². The first kappa shape index (κ1) is 16.9. The van der Waals surface area contributed by atoms with Gasteiger partial charge in [0.15, 0.2) is 0 Å². The number of rotatable bonds is 3. The van der Waals surface area contributed by atoms with Gasteiger partial charge in [-0.1, -0.05) is 48.2 Å². The summed E-state index contributed by atoms with van der Waals surface area (Å²) >= 11 is 7.61. The Hall–Kier alpha value is -1.56. The maximum Gasteiger partial charge on any atom is 0.0798 e. The summed E-state index contributed by atoms with van der Waals surface area (Å²) in [7, 11) is 2.18. The summed E-state index contributed by atoms with van der Waals surface area (Å²) in [5.41, 5.74) is 2.60. The van der Waals surface area contributed by atoms with Crippen LogP contribution in [0, 0.1) is 0 Å². The summed E-state index contributed by atoms with van der Waals surface area (Å²) in [6, 6.07) is 17.3. The van der Waals surface area contributed by atoms with E-state index in [0.717, 1.165) is 44.1 Å². The Morgan fingerprint density at radius 3 is 2.08 bits per heavy atom. The van der Waals surface area contributed by atoms with Crippen molar-refractivity contribution in [2.75, 3.05) is 44.7 Å². The van der Waals surface area contributed by atoms with Crippen LogP contribution in [-0.2, 0) is 0 Å². The number of piperazine rings is 1. The molecule has 25 heavy (non-hydrogen) atoms. The van der Waals surface area contributed by atoms with Crippen LogP contribution in [0.2, 0.25) is 0 Å². The Morgan fingerprint density at radius 2 is 1.48 bits per heavy atom. The van der Waals surface area contributed by atoms with Crippen LogP contribution in [0.5, 0.6) is 0 Å². The molecule has 0 saturated carbocycles. The van der Waals surface area contributed by atoms with Crippen molar-refractivity contribution in [1.29, 1.82) is 0 Å². The number of likely N-dealkylation sites (N-methyl/N-ethyl adjacent to an activating group) is 1. The molecule has 2 heterocycles. The number of para-hydroxylation sites is 2. The van der Waals surface area contributed by atoms with Crippen molar-refractivity contribution in [3.05, 3.63) is 48.5 Å². The quantitative estimate of drug-likeness (QED) is 0.746. The van der Waals surface area contributed by atoms with Gasteiger partial charge in [0.1, 0.15) is 0 Å². The van der Waals surface area contributed by atoms with Crippen LogP contribution in [0.15, 0.2) is 58.3 Å². The van der Waals surface area contributed by atoms with Crippen molar-refractivity contribution in [2.24, 2.45) is 0 Å². The van der Waals surface area contributed by atoms with E-state index in [2.05, 4.69) is 70.3 Å². The molecule has 0 radical (unpaired) electrons. The SMILES string of the molecule is CN1CCN(C(=S)CCN2c3ccccc3Sc3ccccc32)CC1. The van der Waals surface area contributed by atoms with Crippen molar-refractivity contribution < 1.29 is 0 Å². The number of thiocarbonyl (C=S) groups is 1. The highest BCUT2D eigenvalue weighted by Crippen LogP contribution is 2.47. The van der Waals surface area contributed by atoms with E-state index >= 15 is 0 Å². The molecule has 0 unspecified atom stereocenters. The van der Waals surface area contributed by atoms with Crippen molar-refractivity contribution in [2.45, 2.75) is 16.2 Å². The highest BCUT2D eigenvalue weighted by atomic mass is 32.2. The van der Waals surface area contributed by atoms with Crippen LogP contribution in [-0.4, -0.2) is 54.6 Å². The lowest BCUT2D eigenvalue weighted by atomic mass is 10.2. The minimum atomic E-state index is 0.923. The summed E-state index contributed by atoms with van der Waals surface area (Å²) in [5, 5.41) is 0. The molecule has 0 atom stereocenters. The Bertz CT molecular complexity index is 724. The Balaban J connectivity index is 1.51. The second-order valence-electron chi connectivity index (χ2n) is 6.62. The van der Waals surface area contributed by atoms with E-state index in [1.165, 1.54) is 21.2 Å². The van der Waals surface area contributed by atoms with Gasteiger partial charge in [-0.15, -0.1) is 0 Å². The average Bonchev–Trinajstić information content (AvgIpc) is 2.65. The standard InChI is InChI=1S/C20H23N3S2/c1-21-12-14-22(15-13-21)20(24)10-11-23-16-6-2-4-8-18(16)25-19-9-5-3-7-17(19)23/h2-9H,10-15H2,1H3. The Labute approximate surface area is 159 Å². The van der Waals surface area contributed by atoms with Gasteiger partial charge in [0.05, 0.1) is 16.4 Å². The largest absolute Gasteiger partial charge is 0.364 e. The number of anilines is 2. The smallest absolute Gasteiger partial charge is 0.0798 e. The monoisotopic (exact) mass is 369 g/mol. The third-order valence-corrected chi connectivity index (χ3v) is 6.53. The lowest BCUT2D eigenvalue weighted by Crippen LogP contribution is -2.47. The summed E-state index contributed by atoms with van der Waals surface area (Å²) in [5.74, 6) is 0. The number of fused-ring (bicyclic) bond motifs is 2. The minimum absolute atomic E-state index is 0.923. The van der Waals surface area contributed by atoms with E-state index in [1.54, 1.807) is 0 Å². The number of hydrogen-bond donors (Lipinski definition) is 0. The fourth-order valence-electron chi connectivity index (χ4n) is 3.44. The highest BCUT2D eigenvalue weighted by Gasteiger charge is 2.24. The van der Waals surface area contributed by atoms with Gasteiger partial charge in [-0.2, -0.15) is 0 Å². The van der Waals surface area contributed by atoms with E-state index in [4.69, 9.17) is 12.2 Å². The van der Waals surface area contributed by atoms with Gasteiger partial charge in [0.25, 0.3) is 0 Å². The molecule has 2 aliphatic rings. The van der Waals surface area contributed by atoms with Crippen LogP contribution < -0.4 is 4.90 Å². The zero-order valence-corrected chi connectivity index (χ0v) is 16.2. The third kappa shape index (κ3) is 3.54. The second kappa shape index (κ2) is 7.36. The summed E-state index contributed by atoms with van der Waals surface area (Å²) < 4.78 is 0. The third-order valence-electron chi connectivity index (χ3n) is 4.94. The van der Waals surface area contributed by atoms with E-state index in [9.17, 15) is 0 Å². The topological polar surface area (TPSA) is 9.72 Å². The van der Waals surface area contributed by atoms with E-state index in [0.29, 0.717) is 0 Å². The number of nitrogens with zero attached hydrogens (tertiary/aromatic N) is 3. The first-order valence-electron chi connectivity index (χ1n) is 8.82. The van der Waals surface area contributed by atoms with Crippen LogP contribution in [0.25, 0.3) is 0 Å². The Kier molecular flexibility index (Phi) is 4.97. The van der Waals surface area contributed by atoms with Gasteiger partial charge in [0, 0.05) is 48.9 Å².